The largest absolute Gasteiger partial charge is 0.497 e. The summed E-state index contributed by atoms with van der Waals surface area (Å²) in [5.74, 6) is -1.53. The Bertz CT molecular complexity index is 1060. The lowest BCUT2D eigenvalue weighted by molar-refractivity contribution is 0.101. The van der Waals surface area contributed by atoms with Gasteiger partial charge < -0.3 is 10.1 Å². The predicted octanol–water partition coefficient (Wildman–Crippen LogP) is 3.75. The van der Waals surface area contributed by atoms with E-state index < -0.39 is 17.5 Å². The summed E-state index contributed by atoms with van der Waals surface area (Å²) in [6, 6.07) is 10.4. The van der Waals surface area contributed by atoms with Gasteiger partial charge in [-0.1, -0.05) is 6.07 Å². The number of nitrogens with one attached hydrogen (secondary N) is 1. The fraction of sp³-hybridized carbons (Fsp3) is 0.0526. The van der Waals surface area contributed by atoms with Gasteiger partial charge in [0, 0.05) is 5.69 Å². The van der Waals surface area contributed by atoms with E-state index >= 15 is 0 Å². The highest BCUT2D eigenvalue weighted by molar-refractivity contribution is 6.15. The van der Waals surface area contributed by atoms with Gasteiger partial charge in [-0.05, 0) is 36.4 Å². The molecule has 2 aromatic carbocycles. The molecule has 0 atom stereocenters. The smallest absolute Gasteiger partial charge is 0.283 e. The van der Waals surface area contributed by atoms with Crippen molar-refractivity contribution >= 4 is 23.6 Å². The molecule has 0 radical (unpaired) electrons. The molecule has 4 rings (SSSR count). The summed E-state index contributed by atoms with van der Waals surface area (Å²) in [6.45, 7) is 0. The van der Waals surface area contributed by atoms with Gasteiger partial charge in [0.2, 0.25) is 0 Å². The van der Waals surface area contributed by atoms with Crippen LogP contribution in [0.2, 0.25) is 0 Å². The molecule has 6 nitrogen and oxygen atoms in total. The average molecular weight is 366 g/mol. The maximum absolute atomic E-state index is 14.2. The zero-order chi connectivity index (χ0) is 19.0. The van der Waals surface area contributed by atoms with Crippen molar-refractivity contribution in [1.29, 1.82) is 0 Å². The number of hydrogen-bond acceptors (Lipinski definition) is 5. The number of carbonyl (C=O) groups excluding carboxylic acids is 1. The van der Waals surface area contributed by atoms with Crippen LogP contribution in [0.4, 0.5) is 20.3 Å². The van der Waals surface area contributed by atoms with Gasteiger partial charge in [-0.25, -0.2) is 23.7 Å². The summed E-state index contributed by atoms with van der Waals surface area (Å²) in [7, 11) is 1.55. The fourth-order valence-electron chi connectivity index (χ4n) is 2.69. The molecule has 0 fully saturated rings. The summed E-state index contributed by atoms with van der Waals surface area (Å²) in [4.78, 5) is 24.1. The zero-order valence-corrected chi connectivity index (χ0v) is 14.0. The Hall–Kier alpha value is -3.68. The SMILES string of the molecule is COc1ccc(Nc2nc(-c3c(F)cccc3F)nc3c2C(=O)N=C3)cc1. The van der Waals surface area contributed by atoms with E-state index in [2.05, 4.69) is 20.3 Å². The number of methoxy groups -OCH3 is 1. The molecule has 0 spiro atoms. The summed E-state index contributed by atoms with van der Waals surface area (Å²) in [6.07, 6.45) is 1.25. The molecule has 3 aromatic rings. The van der Waals surface area contributed by atoms with Crippen LogP contribution in [0.5, 0.6) is 5.75 Å². The highest BCUT2D eigenvalue weighted by Gasteiger charge is 2.26. The van der Waals surface area contributed by atoms with E-state index in [4.69, 9.17) is 4.74 Å². The molecule has 0 aliphatic carbocycles. The fourth-order valence-corrected chi connectivity index (χ4v) is 2.69. The van der Waals surface area contributed by atoms with Crippen molar-refractivity contribution in [3.8, 4) is 17.1 Å². The number of nitrogens with zero attached hydrogens (tertiary/aromatic N) is 3. The quantitative estimate of drug-likeness (QED) is 0.761. The number of amides is 1. The van der Waals surface area contributed by atoms with Gasteiger partial charge in [-0.3, -0.25) is 4.79 Å². The molecule has 1 N–H and O–H groups in total. The predicted molar refractivity (Wildman–Crippen MR) is 95.6 cm³/mol. The van der Waals surface area contributed by atoms with Gasteiger partial charge in [0.1, 0.15) is 34.5 Å². The molecular weight excluding hydrogens is 354 g/mol. The Balaban J connectivity index is 1.83. The number of rotatable bonds is 4. The van der Waals surface area contributed by atoms with E-state index in [1.807, 2.05) is 0 Å². The summed E-state index contributed by atoms with van der Waals surface area (Å²) < 4.78 is 33.4. The lowest BCUT2D eigenvalue weighted by atomic mass is 10.1. The Labute approximate surface area is 152 Å². The molecule has 0 bridgehead atoms. The number of aliphatic imine (C=N–C) groups is 1. The van der Waals surface area contributed by atoms with Crippen LogP contribution in [0.1, 0.15) is 16.1 Å². The second kappa shape index (κ2) is 6.56. The second-order valence-corrected chi connectivity index (χ2v) is 5.67. The number of hydrogen-bond donors (Lipinski definition) is 1. The Morgan fingerprint density at radius 2 is 1.67 bits per heavy atom. The van der Waals surface area contributed by atoms with Crippen molar-refractivity contribution in [2.45, 2.75) is 0 Å². The average Bonchev–Trinajstić information content (AvgIpc) is 3.03. The molecule has 27 heavy (non-hydrogen) atoms. The van der Waals surface area contributed by atoms with Crippen LogP contribution in [-0.2, 0) is 0 Å². The Morgan fingerprint density at radius 1 is 0.963 bits per heavy atom. The molecule has 2 heterocycles. The van der Waals surface area contributed by atoms with Crippen LogP contribution < -0.4 is 10.1 Å². The van der Waals surface area contributed by atoms with Crippen molar-refractivity contribution in [1.82, 2.24) is 9.97 Å². The number of benzene rings is 2. The number of fused-ring (bicyclic) bond motifs is 1. The molecular formula is C19H12F2N4O2. The molecule has 1 amide bonds. The Kier molecular flexibility index (Phi) is 4.08. The summed E-state index contributed by atoms with van der Waals surface area (Å²) >= 11 is 0. The third kappa shape index (κ3) is 3.01. The first-order chi connectivity index (χ1) is 13.1. The number of carbonyl (C=O) groups is 1. The van der Waals surface area contributed by atoms with Gasteiger partial charge in [0.25, 0.3) is 5.91 Å². The van der Waals surface area contributed by atoms with Gasteiger partial charge in [-0.15, -0.1) is 0 Å². The van der Waals surface area contributed by atoms with Crippen molar-refractivity contribution in [2.75, 3.05) is 12.4 Å². The number of halogens is 2. The second-order valence-electron chi connectivity index (χ2n) is 5.67. The van der Waals surface area contributed by atoms with Gasteiger partial charge in [-0.2, -0.15) is 0 Å². The van der Waals surface area contributed by atoms with Crippen molar-refractivity contribution in [3.63, 3.8) is 0 Å². The van der Waals surface area contributed by atoms with E-state index in [0.717, 1.165) is 12.1 Å². The van der Waals surface area contributed by atoms with Crippen molar-refractivity contribution in [3.05, 3.63) is 65.4 Å². The van der Waals surface area contributed by atoms with Gasteiger partial charge in [0.15, 0.2) is 5.82 Å². The zero-order valence-electron chi connectivity index (χ0n) is 14.0. The number of anilines is 2. The molecule has 0 saturated carbocycles. The minimum absolute atomic E-state index is 0.116. The summed E-state index contributed by atoms with van der Waals surface area (Å²) in [5.41, 5.74) is 0.581. The minimum atomic E-state index is -0.799. The highest BCUT2D eigenvalue weighted by atomic mass is 19.1. The van der Waals surface area contributed by atoms with E-state index in [0.29, 0.717) is 11.4 Å². The van der Waals surface area contributed by atoms with Crippen LogP contribution in [0.3, 0.4) is 0 Å². The number of ether oxygens (including phenoxy) is 1. The van der Waals surface area contributed by atoms with Crippen molar-refractivity contribution in [2.24, 2.45) is 4.99 Å². The van der Waals surface area contributed by atoms with Crippen LogP contribution >= 0.6 is 0 Å². The number of aromatic nitrogens is 2. The van der Waals surface area contributed by atoms with Crippen LogP contribution in [0.25, 0.3) is 11.4 Å². The lowest BCUT2D eigenvalue weighted by Gasteiger charge is -2.12. The van der Waals surface area contributed by atoms with Gasteiger partial charge in [0.05, 0.1) is 18.9 Å². The van der Waals surface area contributed by atoms with Crippen molar-refractivity contribution < 1.29 is 18.3 Å². The first-order valence-electron chi connectivity index (χ1n) is 7.92. The van der Waals surface area contributed by atoms with E-state index in [1.165, 1.54) is 12.3 Å². The molecule has 0 saturated heterocycles. The highest BCUT2D eigenvalue weighted by Crippen LogP contribution is 2.30. The maximum Gasteiger partial charge on any atom is 0.283 e. The van der Waals surface area contributed by atoms with E-state index in [9.17, 15) is 13.6 Å². The molecule has 1 aromatic heterocycles. The minimum Gasteiger partial charge on any atom is -0.497 e. The normalized spacial score (nSPS) is 12.2. The molecule has 0 unspecified atom stereocenters. The standard InChI is InChI=1S/C19H12F2N4O2/c1-27-11-7-5-10(6-8-11)23-18-16-14(9-22-19(16)26)24-17(25-18)15-12(20)3-2-4-13(15)21/h2-9H,1H3,(H,23,24,25). The first-order valence-corrected chi connectivity index (χ1v) is 7.92. The molecule has 134 valence electrons. The first kappa shape index (κ1) is 16.8. The van der Waals surface area contributed by atoms with Gasteiger partial charge >= 0.3 is 0 Å². The monoisotopic (exact) mass is 366 g/mol. The Morgan fingerprint density at radius 3 is 2.33 bits per heavy atom. The third-order valence-corrected chi connectivity index (χ3v) is 3.99. The van der Waals surface area contributed by atoms with E-state index in [1.54, 1.807) is 31.4 Å². The molecule has 1 aliphatic heterocycles. The summed E-state index contributed by atoms with van der Waals surface area (Å²) in [5, 5.41) is 2.98. The molecule has 8 heteroatoms. The lowest BCUT2D eigenvalue weighted by Crippen LogP contribution is -2.08. The van der Waals surface area contributed by atoms with E-state index in [-0.39, 0.29) is 28.5 Å². The van der Waals surface area contributed by atoms with Crippen LogP contribution in [-0.4, -0.2) is 29.2 Å². The van der Waals surface area contributed by atoms with Crippen LogP contribution in [0, 0.1) is 11.6 Å². The van der Waals surface area contributed by atoms with Crippen LogP contribution in [0.15, 0.2) is 47.5 Å². The maximum atomic E-state index is 14.2. The third-order valence-electron chi connectivity index (χ3n) is 3.99. The molecule has 1 aliphatic rings. The topological polar surface area (TPSA) is 76.5 Å².